The molecule has 8 nitrogen and oxygen atoms in total. The molecule has 2 N–H and O–H groups in total. The molecule has 0 unspecified atom stereocenters. The fourth-order valence-corrected chi connectivity index (χ4v) is 3.37. The van der Waals surface area contributed by atoms with E-state index in [1.165, 1.54) is 38.5 Å². The summed E-state index contributed by atoms with van der Waals surface area (Å²) in [6, 6.07) is 10.9. The van der Waals surface area contributed by atoms with Gasteiger partial charge >= 0.3 is 11.9 Å². The molecule has 154 valence electrons. The Kier molecular flexibility index (Phi) is 7.00. The topological polar surface area (TPSA) is 111 Å². The predicted molar refractivity (Wildman–Crippen MR) is 109 cm³/mol. The third-order valence-electron chi connectivity index (χ3n) is 4.07. The SMILES string of the molecule is COC(=O)/C=C(/Nc1ccc(S(=O)(=O)Nc2ccc(C)c(C)c2)cc1)C(=O)OC. The van der Waals surface area contributed by atoms with Gasteiger partial charge in [-0.1, -0.05) is 6.07 Å². The Hall–Kier alpha value is -3.33. The molecule has 0 atom stereocenters. The van der Waals surface area contributed by atoms with E-state index in [0.29, 0.717) is 11.4 Å². The summed E-state index contributed by atoms with van der Waals surface area (Å²) in [6.07, 6.45) is 0.942. The zero-order valence-corrected chi connectivity index (χ0v) is 17.3. The van der Waals surface area contributed by atoms with Crippen molar-refractivity contribution in [3.05, 3.63) is 65.4 Å². The average Bonchev–Trinajstić information content (AvgIpc) is 2.69. The second-order valence-electron chi connectivity index (χ2n) is 6.13. The van der Waals surface area contributed by atoms with Crippen LogP contribution < -0.4 is 10.0 Å². The van der Waals surface area contributed by atoms with Gasteiger partial charge in [0, 0.05) is 11.4 Å². The fourth-order valence-electron chi connectivity index (χ4n) is 2.32. The molecule has 2 rings (SSSR count). The van der Waals surface area contributed by atoms with Crippen LogP contribution in [0.2, 0.25) is 0 Å². The summed E-state index contributed by atoms with van der Waals surface area (Å²) < 4.78 is 36.8. The standard InChI is InChI=1S/C20H22N2O6S/c1-13-5-6-16(11-14(13)2)22-29(25,26)17-9-7-15(8-10-17)21-18(20(24)28-4)12-19(23)27-3/h5-12,21-22H,1-4H3/b18-12+. The van der Waals surface area contributed by atoms with Gasteiger partial charge in [0.2, 0.25) is 0 Å². The van der Waals surface area contributed by atoms with Crippen LogP contribution in [0.15, 0.2) is 59.1 Å². The Morgan fingerprint density at radius 2 is 1.52 bits per heavy atom. The van der Waals surface area contributed by atoms with E-state index in [1.807, 2.05) is 19.9 Å². The molecule has 0 saturated heterocycles. The Morgan fingerprint density at radius 3 is 2.07 bits per heavy atom. The van der Waals surface area contributed by atoms with E-state index in [4.69, 9.17) is 0 Å². The van der Waals surface area contributed by atoms with Crippen molar-refractivity contribution in [3.8, 4) is 0 Å². The summed E-state index contributed by atoms with van der Waals surface area (Å²) in [4.78, 5) is 23.2. The maximum Gasteiger partial charge on any atom is 0.354 e. The van der Waals surface area contributed by atoms with E-state index in [9.17, 15) is 18.0 Å². The monoisotopic (exact) mass is 418 g/mol. The highest BCUT2D eigenvalue weighted by atomic mass is 32.2. The van der Waals surface area contributed by atoms with Crippen LogP contribution in [0.4, 0.5) is 11.4 Å². The maximum atomic E-state index is 12.6. The first-order chi connectivity index (χ1) is 13.7. The minimum absolute atomic E-state index is 0.0397. The third kappa shape index (κ3) is 5.82. The van der Waals surface area contributed by atoms with Crippen LogP contribution in [0.3, 0.4) is 0 Å². The minimum Gasteiger partial charge on any atom is -0.466 e. The first-order valence-corrected chi connectivity index (χ1v) is 9.99. The third-order valence-corrected chi connectivity index (χ3v) is 5.47. The van der Waals surface area contributed by atoms with Crippen molar-refractivity contribution < 1.29 is 27.5 Å². The van der Waals surface area contributed by atoms with Crippen molar-refractivity contribution in [3.63, 3.8) is 0 Å². The van der Waals surface area contributed by atoms with Crippen molar-refractivity contribution in [2.75, 3.05) is 24.3 Å². The molecule has 0 aromatic heterocycles. The number of benzene rings is 2. The first-order valence-electron chi connectivity index (χ1n) is 8.51. The molecule has 0 fully saturated rings. The number of sulfonamides is 1. The lowest BCUT2D eigenvalue weighted by atomic mass is 10.1. The van der Waals surface area contributed by atoms with Gasteiger partial charge in [-0.2, -0.15) is 0 Å². The summed E-state index contributed by atoms with van der Waals surface area (Å²) >= 11 is 0. The molecule has 0 aliphatic heterocycles. The van der Waals surface area contributed by atoms with Crippen LogP contribution in [-0.2, 0) is 29.1 Å². The van der Waals surface area contributed by atoms with Gasteiger partial charge in [-0.15, -0.1) is 0 Å². The summed E-state index contributed by atoms with van der Waals surface area (Å²) in [6.45, 7) is 3.84. The fraction of sp³-hybridized carbons (Fsp3) is 0.200. The zero-order valence-electron chi connectivity index (χ0n) is 16.5. The first kappa shape index (κ1) is 22.0. The second-order valence-corrected chi connectivity index (χ2v) is 7.81. The Bertz CT molecular complexity index is 1040. The number of anilines is 2. The van der Waals surface area contributed by atoms with Crippen molar-refractivity contribution >= 4 is 33.3 Å². The number of carbonyl (C=O) groups excluding carboxylic acids is 2. The van der Waals surface area contributed by atoms with Crippen LogP contribution in [0.25, 0.3) is 0 Å². The molecule has 9 heteroatoms. The molecule has 0 amide bonds. The Labute approximate surface area is 169 Å². The normalized spacial score (nSPS) is 11.5. The van der Waals surface area contributed by atoms with Gasteiger partial charge in [0.15, 0.2) is 0 Å². The summed E-state index contributed by atoms with van der Waals surface area (Å²) in [5.41, 5.74) is 2.73. The molecular weight excluding hydrogens is 396 g/mol. The molecular formula is C20H22N2O6S. The van der Waals surface area contributed by atoms with Gasteiger partial charge in [-0.25, -0.2) is 18.0 Å². The molecule has 0 aliphatic carbocycles. The lowest BCUT2D eigenvalue weighted by Gasteiger charge is -2.12. The number of rotatable bonds is 7. The molecule has 2 aromatic carbocycles. The zero-order chi connectivity index (χ0) is 21.6. The molecule has 0 aliphatic rings. The number of carbonyl (C=O) groups is 2. The molecule has 0 heterocycles. The molecule has 2 aromatic rings. The van der Waals surface area contributed by atoms with Crippen molar-refractivity contribution in [2.24, 2.45) is 0 Å². The molecule has 29 heavy (non-hydrogen) atoms. The van der Waals surface area contributed by atoms with E-state index in [-0.39, 0.29) is 10.6 Å². The number of methoxy groups -OCH3 is 2. The quantitative estimate of drug-likeness (QED) is 0.525. The van der Waals surface area contributed by atoms with Gasteiger partial charge in [0.05, 0.1) is 25.2 Å². The molecule has 0 radical (unpaired) electrons. The van der Waals surface area contributed by atoms with E-state index in [1.54, 1.807) is 12.1 Å². The minimum atomic E-state index is -3.79. The van der Waals surface area contributed by atoms with E-state index >= 15 is 0 Å². The second kappa shape index (κ2) is 9.24. The number of ether oxygens (including phenoxy) is 2. The average molecular weight is 418 g/mol. The lowest BCUT2D eigenvalue weighted by Crippen LogP contribution is -2.16. The van der Waals surface area contributed by atoms with E-state index in [0.717, 1.165) is 17.2 Å². The molecule has 0 saturated carbocycles. The summed E-state index contributed by atoms with van der Waals surface area (Å²) in [5.74, 6) is -1.52. The summed E-state index contributed by atoms with van der Waals surface area (Å²) in [5, 5.41) is 2.71. The lowest BCUT2D eigenvalue weighted by molar-refractivity contribution is -0.138. The van der Waals surface area contributed by atoms with Crippen LogP contribution >= 0.6 is 0 Å². The Balaban J connectivity index is 2.21. The number of nitrogens with one attached hydrogen (secondary N) is 2. The highest BCUT2D eigenvalue weighted by Gasteiger charge is 2.16. The van der Waals surface area contributed by atoms with Gasteiger partial charge in [-0.05, 0) is 61.4 Å². The van der Waals surface area contributed by atoms with Crippen LogP contribution in [0.1, 0.15) is 11.1 Å². The van der Waals surface area contributed by atoms with Crippen LogP contribution in [0.5, 0.6) is 0 Å². The number of aryl methyl sites for hydroxylation is 2. The predicted octanol–water partition coefficient (Wildman–Crippen LogP) is 2.75. The van der Waals surface area contributed by atoms with Crippen LogP contribution in [0, 0.1) is 13.8 Å². The number of hydrogen-bond acceptors (Lipinski definition) is 7. The van der Waals surface area contributed by atoms with Crippen LogP contribution in [-0.4, -0.2) is 34.6 Å². The van der Waals surface area contributed by atoms with Gasteiger partial charge in [0.1, 0.15) is 5.70 Å². The van der Waals surface area contributed by atoms with Crippen molar-refractivity contribution in [1.29, 1.82) is 0 Å². The smallest absolute Gasteiger partial charge is 0.354 e. The largest absolute Gasteiger partial charge is 0.466 e. The Morgan fingerprint density at radius 1 is 0.897 bits per heavy atom. The highest BCUT2D eigenvalue weighted by Crippen LogP contribution is 2.21. The highest BCUT2D eigenvalue weighted by molar-refractivity contribution is 7.92. The number of esters is 2. The van der Waals surface area contributed by atoms with Crippen molar-refractivity contribution in [1.82, 2.24) is 0 Å². The summed E-state index contributed by atoms with van der Waals surface area (Å²) in [7, 11) is -1.44. The maximum absolute atomic E-state index is 12.6. The van der Waals surface area contributed by atoms with Gasteiger partial charge < -0.3 is 14.8 Å². The van der Waals surface area contributed by atoms with E-state index in [2.05, 4.69) is 19.5 Å². The van der Waals surface area contributed by atoms with Gasteiger partial charge in [-0.3, -0.25) is 4.72 Å². The van der Waals surface area contributed by atoms with E-state index < -0.39 is 22.0 Å². The molecule has 0 bridgehead atoms. The number of hydrogen-bond donors (Lipinski definition) is 2. The van der Waals surface area contributed by atoms with Crippen molar-refractivity contribution in [2.45, 2.75) is 18.7 Å². The molecule has 0 spiro atoms. The van der Waals surface area contributed by atoms with Gasteiger partial charge in [0.25, 0.3) is 10.0 Å².